The summed E-state index contributed by atoms with van der Waals surface area (Å²) in [6, 6.07) is 0. The van der Waals surface area contributed by atoms with Crippen molar-refractivity contribution in [3.05, 3.63) is 0 Å². The standard InChI is InChI=1S/C8H15NOS/c1-2-3-4-5-6-7-9-8(10)11/h7H,2-6H2,1H3,(H,10,11). The third-order valence-corrected chi connectivity index (χ3v) is 1.50. The fraction of sp³-hybridized carbons (Fsp3) is 0.750. The average Bonchev–Trinajstić information content (AvgIpc) is 1.96. The summed E-state index contributed by atoms with van der Waals surface area (Å²) in [6.07, 6.45) is 7.39. The minimum atomic E-state index is -0.402. The Morgan fingerprint density at radius 3 is 2.73 bits per heavy atom. The second kappa shape index (κ2) is 7.79. The lowest BCUT2D eigenvalue weighted by molar-refractivity contribution is 0.268. The Labute approximate surface area is 73.5 Å². The molecule has 64 valence electrons. The molecule has 2 nitrogen and oxygen atoms in total. The molecule has 0 radical (unpaired) electrons. The molecule has 3 heteroatoms. The van der Waals surface area contributed by atoms with E-state index >= 15 is 0 Å². The molecule has 0 rings (SSSR count). The van der Waals surface area contributed by atoms with Crippen molar-refractivity contribution < 1.29 is 4.79 Å². The summed E-state index contributed by atoms with van der Waals surface area (Å²) in [7, 11) is 0. The van der Waals surface area contributed by atoms with E-state index in [4.69, 9.17) is 0 Å². The summed E-state index contributed by atoms with van der Waals surface area (Å²) >= 11 is 3.50. The second-order valence-corrected chi connectivity index (χ2v) is 2.83. The van der Waals surface area contributed by atoms with Crippen LogP contribution in [0.15, 0.2) is 4.99 Å². The van der Waals surface area contributed by atoms with Gasteiger partial charge in [-0.3, -0.25) is 4.79 Å². The van der Waals surface area contributed by atoms with E-state index in [0.717, 1.165) is 12.8 Å². The Morgan fingerprint density at radius 1 is 1.45 bits per heavy atom. The third-order valence-electron chi connectivity index (χ3n) is 1.39. The van der Waals surface area contributed by atoms with Crippen LogP contribution in [0.4, 0.5) is 4.79 Å². The highest BCUT2D eigenvalue weighted by atomic mass is 32.1. The van der Waals surface area contributed by atoms with E-state index in [9.17, 15) is 4.79 Å². The highest BCUT2D eigenvalue weighted by Crippen LogP contribution is 2.00. The van der Waals surface area contributed by atoms with Gasteiger partial charge in [-0.1, -0.05) is 38.8 Å². The van der Waals surface area contributed by atoms with Gasteiger partial charge < -0.3 is 0 Å². The normalized spacial score (nSPS) is 10.7. The molecule has 0 unspecified atom stereocenters. The molecule has 11 heavy (non-hydrogen) atoms. The van der Waals surface area contributed by atoms with Crippen LogP contribution < -0.4 is 0 Å². The molecule has 0 bridgehead atoms. The Bertz CT molecular complexity index is 134. The minimum Gasteiger partial charge on any atom is -0.260 e. The summed E-state index contributed by atoms with van der Waals surface area (Å²) in [5, 5.41) is -0.402. The minimum absolute atomic E-state index is 0.402. The molecule has 0 fully saturated rings. The SMILES string of the molecule is CCCCCCC=NC(=O)S. The average molecular weight is 173 g/mol. The van der Waals surface area contributed by atoms with Crippen LogP contribution >= 0.6 is 12.6 Å². The summed E-state index contributed by atoms with van der Waals surface area (Å²) in [5.41, 5.74) is 0. The summed E-state index contributed by atoms with van der Waals surface area (Å²) in [6.45, 7) is 2.17. The number of carbonyl (C=O) groups excluding carboxylic acids is 1. The maximum absolute atomic E-state index is 10.2. The summed E-state index contributed by atoms with van der Waals surface area (Å²) in [5.74, 6) is 0. The zero-order valence-electron chi connectivity index (χ0n) is 6.92. The van der Waals surface area contributed by atoms with Crippen molar-refractivity contribution in [3.8, 4) is 0 Å². The van der Waals surface area contributed by atoms with Crippen LogP contribution in [0.2, 0.25) is 0 Å². The zero-order chi connectivity index (χ0) is 8.53. The molecule has 1 amide bonds. The van der Waals surface area contributed by atoms with Crippen molar-refractivity contribution in [3.63, 3.8) is 0 Å². The van der Waals surface area contributed by atoms with Gasteiger partial charge in [0.05, 0.1) is 0 Å². The van der Waals surface area contributed by atoms with Gasteiger partial charge in [-0.2, -0.15) is 0 Å². The van der Waals surface area contributed by atoms with Crippen LogP contribution in [0.3, 0.4) is 0 Å². The van der Waals surface area contributed by atoms with Gasteiger partial charge in [0.2, 0.25) is 0 Å². The van der Waals surface area contributed by atoms with Crippen LogP contribution in [0.1, 0.15) is 39.0 Å². The number of amides is 1. The van der Waals surface area contributed by atoms with Crippen LogP contribution in [0, 0.1) is 0 Å². The van der Waals surface area contributed by atoms with Crippen LogP contribution in [-0.4, -0.2) is 11.5 Å². The lowest BCUT2D eigenvalue weighted by Crippen LogP contribution is -1.81. The fourth-order valence-electron chi connectivity index (χ4n) is 0.805. The van der Waals surface area contributed by atoms with E-state index in [1.54, 1.807) is 6.21 Å². The first-order valence-corrected chi connectivity index (χ1v) is 4.47. The van der Waals surface area contributed by atoms with E-state index in [2.05, 4.69) is 24.5 Å². The molecule has 0 aromatic carbocycles. The largest absolute Gasteiger partial charge is 0.301 e. The van der Waals surface area contributed by atoms with Gasteiger partial charge >= 0.3 is 5.24 Å². The highest BCUT2D eigenvalue weighted by molar-refractivity contribution is 7.96. The van der Waals surface area contributed by atoms with Gasteiger partial charge in [-0.25, -0.2) is 4.99 Å². The number of carbonyl (C=O) groups is 1. The summed E-state index contributed by atoms with van der Waals surface area (Å²) in [4.78, 5) is 13.7. The molecule has 0 aliphatic rings. The predicted molar refractivity (Wildman–Crippen MR) is 51.6 cm³/mol. The Hall–Kier alpha value is -0.310. The number of rotatable bonds is 5. The fourth-order valence-corrected chi connectivity index (χ4v) is 0.887. The van der Waals surface area contributed by atoms with E-state index in [-0.39, 0.29) is 0 Å². The first-order chi connectivity index (χ1) is 5.27. The smallest absolute Gasteiger partial charge is 0.260 e. The zero-order valence-corrected chi connectivity index (χ0v) is 7.81. The van der Waals surface area contributed by atoms with Gasteiger partial charge in [0.25, 0.3) is 0 Å². The van der Waals surface area contributed by atoms with Crippen molar-refractivity contribution in [2.24, 2.45) is 4.99 Å². The van der Waals surface area contributed by atoms with E-state index in [0.29, 0.717) is 0 Å². The van der Waals surface area contributed by atoms with Gasteiger partial charge in [0.1, 0.15) is 0 Å². The van der Waals surface area contributed by atoms with Crippen LogP contribution in [0.25, 0.3) is 0 Å². The molecule has 0 atom stereocenters. The monoisotopic (exact) mass is 173 g/mol. The van der Waals surface area contributed by atoms with Gasteiger partial charge in [-0.05, 0) is 12.8 Å². The molecule has 0 saturated carbocycles. The number of hydrogen-bond donors (Lipinski definition) is 1. The van der Waals surface area contributed by atoms with Crippen LogP contribution in [-0.2, 0) is 0 Å². The number of aliphatic imine (C=N–C) groups is 1. The van der Waals surface area contributed by atoms with Gasteiger partial charge in [-0.15, -0.1) is 0 Å². The molecule has 0 spiro atoms. The second-order valence-electron chi connectivity index (χ2n) is 2.44. The maximum Gasteiger partial charge on any atom is 0.301 e. The summed E-state index contributed by atoms with van der Waals surface area (Å²) < 4.78 is 0. The lowest BCUT2D eigenvalue weighted by atomic mass is 10.2. The molecule has 0 aromatic heterocycles. The topological polar surface area (TPSA) is 29.4 Å². The van der Waals surface area contributed by atoms with Crippen LogP contribution in [0.5, 0.6) is 0 Å². The first kappa shape index (κ1) is 10.7. The predicted octanol–water partition coefficient (Wildman–Crippen LogP) is 3.08. The third kappa shape index (κ3) is 9.69. The molecule has 0 aliphatic carbocycles. The van der Waals surface area contributed by atoms with Crippen molar-refractivity contribution in [2.75, 3.05) is 0 Å². The Kier molecular flexibility index (Phi) is 7.57. The number of unbranched alkanes of at least 4 members (excludes halogenated alkanes) is 4. The van der Waals surface area contributed by atoms with Crippen molar-refractivity contribution >= 4 is 24.1 Å². The Morgan fingerprint density at radius 2 is 2.18 bits per heavy atom. The van der Waals surface area contributed by atoms with Gasteiger partial charge in [0.15, 0.2) is 0 Å². The van der Waals surface area contributed by atoms with Crippen molar-refractivity contribution in [1.29, 1.82) is 0 Å². The van der Waals surface area contributed by atoms with Crippen molar-refractivity contribution in [1.82, 2.24) is 0 Å². The number of thiol groups is 1. The number of nitrogens with zero attached hydrogens (tertiary/aromatic N) is 1. The van der Waals surface area contributed by atoms with E-state index in [1.165, 1.54) is 19.3 Å². The Balaban J connectivity index is 3.07. The highest BCUT2D eigenvalue weighted by Gasteiger charge is 1.86. The van der Waals surface area contributed by atoms with Crippen molar-refractivity contribution in [2.45, 2.75) is 39.0 Å². The van der Waals surface area contributed by atoms with E-state index < -0.39 is 5.24 Å². The molecule has 0 saturated heterocycles. The first-order valence-electron chi connectivity index (χ1n) is 4.02. The quantitative estimate of drug-likeness (QED) is 0.386. The molecule has 0 aromatic rings. The lowest BCUT2D eigenvalue weighted by Gasteiger charge is -1.92. The van der Waals surface area contributed by atoms with E-state index in [1.807, 2.05) is 0 Å². The number of hydrogen-bond acceptors (Lipinski definition) is 1. The maximum atomic E-state index is 10.2. The molecule has 0 N–H and O–H groups in total. The molecule has 0 aliphatic heterocycles. The molecular formula is C8H15NOS. The molecule has 0 heterocycles. The molecular weight excluding hydrogens is 158 g/mol. The van der Waals surface area contributed by atoms with Gasteiger partial charge in [0, 0.05) is 6.21 Å².